The van der Waals surface area contributed by atoms with Gasteiger partial charge in [0, 0.05) is 44.8 Å². The predicted octanol–water partition coefficient (Wildman–Crippen LogP) is 1.40. The quantitative estimate of drug-likeness (QED) is 0.855. The second kappa shape index (κ2) is 7.22. The van der Waals surface area contributed by atoms with Crippen molar-refractivity contribution in [3.8, 4) is 0 Å². The van der Waals surface area contributed by atoms with Crippen LogP contribution >= 0.6 is 11.6 Å². The van der Waals surface area contributed by atoms with E-state index in [2.05, 4.69) is 4.72 Å². The molecule has 0 spiro atoms. The van der Waals surface area contributed by atoms with Gasteiger partial charge in [-0.15, -0.1) is 0 Å². The molecule has 0 saturated heterocycles. The molecule has 0 heterocycles. The van der Waals surface area contributed by atoms with E-state index >= 15 is 0 Å². The summed E-state index contributed by atoms with van der Waals surface area (Å²) in [6.07, 6.45) is 0. The average Bonchev–Trinajstić information content (AvgIpc) is 2.37. The minimum Gasteiger partial charge on any atom is -0.311 e. The van der Waals surface area contributed by atoms with Gasteiger partial charge in [0.1, 0.15) is 0 Å². The summed E-state index contributed by atoms with van der Waals surface area (Å²) in [5.74, 6) is -0.176. The number of carbonyl (C=O) groups is 1. The van der Waals surface area contributed by atoms with Crippen LogP contribution in [0.25, 0.3) is 0 Å². The molecule has 0 saturated carbocycles. The van der Waals surface area contributed by atoms with Gasteiger partial charge in [0.25, 0.3) is 10.2 Å². The second-order valence-corrected chi connectivity index (χ2v) is 7.19. The van der Waals surface area contributed by atoms with E-state index in [1.165, 1.54) is 25.9 Å². The van der Waals surface area contributed by atoms with Gasteiger partial charge >= 0.3 is 0 Å². The first kappa shape index (κ1) is 17.9. The highest BCUT2D eigenvalue weighted by Gasteiger charge is 2.17. The maximum atomic E-state index is 11.8. The van der Waals surface area contributed by atoms with Crippen LogP contribution in [-0.4, -0.2) is 45.8 Å². The maximum Gasteiger partial charge on any atom is 0.278 e. The first-order chi connectivity index (χ1) is 9.65. The molecule has 21 heavy (non-hydrogen) atoms. The third-order valence-electron chi connectivity index (χ3n) is 2.94. The molecule has 1 N–H and O–H groups in total. The molecule has 0 aliphatic carbocycles. The molecule has 1 rings (SSSR count). The molecule has 0 atom stereocenters. The third kappa shape index (κ3) is 4.96. The molecule has 0 aliphatic heterocycles. The lowest BCUT2D eigenvalue weighted by atomic mass is 10.2. The van der Waals surface area contributed by atoms with Crippen LogP contribution in [0.1, 0.15) is 12.5 Å². The lowest BCUT2D eigenvalue weighted by molar-refractivity contribution is -0.116. The number of amides is 1. The van der Waals surface area contributed by atoms with Crippen LogP contribution in [0.3, 0.4) is 0 Å². The van der Waals surface area contributed by atoms with Gasteiger partial charge in [-0.1, -0.05) is 17.7 Å². The average molecular weight is 334 g/mol. The van der Waals surface area contributed by atoms with Crippen LogP contribution in [0.5, 0.6) is 0 Å². The summed E-state index contributed by atoms with van der Waals surface area (Å²) >= 11 is 5.96. The van der Waals surface area contributed by atoms with Gasteiger partial charge in [0.2, 0.25) is 5.91 Å². The van der Waals surface area contributed by atoms with Crippen molar-refractivity contribution >= 4 is 33.4 Å². The molecule has 0 bridgehead atoms. The summed E-state index contributed by atoms with van der Waals surface area (Å²) < 4.78 is 26.8. The molecule has 8 heteroatoms. The largest absolute Gasteiger partial charge is 0.311 e. The Morgan fingerprint density at radius 2 is 1.95 bits per heavy atom. The van der Waals surface area contributed by atoms with Crippen molar-refractivity contribution in [2.45, 2.75) is 13.8 Å². The van der Waals surface area contributed by atoms with E-state index in [-0.39, 0.29) is 19.0 Å². The van der Waals surface area contributed by atoms with Crippen LogP contribution in [0.4, 0.5) is 5.69 Å². The smallest absolute Gasteiger partial charge is 0.278 e. The highest BCUT2D eigenvalue weighted by molar-refractivity contribution is 7.87. The van der Waals surface area contributed by atoms with Crippen LogP contribution < -0.4 is 9.62 Å². The number of rotatable bonds is 6. The van der Waals surface area contributed by atoms with Crippen molar-refractivity contribution in [2.24, 2.45) is 0 Å². The van der Waals surface area contributed by atoms with Crippen molar-refractivity contribution in [1.82, 2.24) is 9.03 Å². The fourth-order valence-electron chi connectivity index (χ4n) is 1.74. The van der Waals surface area contributed by atoms with E-state index in [1.54, 1.807) is 12.1 Å². The summed E-state index contributed by atoms with van der Waals surface area (Å²) in [5, 5.41) is 0.524. The maximum absolute atomic E-state index is 11.8. The number of nitrogens with one attached hydrogen (secondary N) is 1. The Labute approximate surface area is 130 Å². The Morgan fingerprint density at radius 3 is 2.48 bits per heavy atom. The van der Waals surface area contributed by atoms with Crippen molar-refractivity contribution in [3.05, 3.63) is 28.8 Å². The summed E-state index contributed by atoms with van der Waals surface area (Å²) in [5.41, 5.74) is 1.57. The Kier molecular flexibility index (Phi) is 6.15. The van der Waals surface area contributed by atoms with E-state index in [4.69, 9.17) is 11.6 Å². The Balaban J connectivity index is 2.85. The molecule has 0 radical (unpaired) electrons. The first-order valence-electron chi connectivity index (χ1n) is 6.36. The summed E-state index contributed by atoms with van der Waals surface area (Å²) in [6.45, 7) is 3.64. The fraction of sp³-hybridized carbons (Fsp3) is 0.462. The molecule has 118 valence electrons. The van der Waals surface area contributed by atoms with E-state index in [1.807, 2.05) is 13.0 Å². The zero-order chi connectivity index (χ0) is 16.2. The molecule has 0 aliphatic rings. The van der Waals surface area contributed by atoms with Gasteiger partial charge in [0.15, 0.2) is 0 Å². The zero-order valence-electron chi connectivity index (χ0n) is 12.6. The molecule has 1 aromatic rings. The molecule has 0 unspecified atom stereocenters. The van der Waals surface area contributed by atoms with Crippen LogP contribution in [0.15, 0.2) is 18.2 Å². The summed E-state index contributed by atoms with van der Waals surface area (Å²) in [4.78, 5) is 13.3. The van der Waals surface area contributed by atoms with Gasteiger partial charge in [-0.25, -0.2) is 4.72 Å². The van der Waals surface area contributed by atoms with E-state index in [0.717, 1.165) is 9.87 Å². The van der Waals surface area contributed by atoms with Crippen molar-refractivity contribution in [2.75, 3.05) is 32.1 Å². The fourth-order valence-corrected chi connectivity index (χ4v) is 2.51. The standard InChI is InChI=1S/C13H20ClN3O3S/c1-10-5-6-12(14)9-13(10)17(11(2)18)8-7-15-21(19,20)16(3)4/h5-6,9,15H,7-8H2,1-4H3. The van der Waals surface area contributed by atoms with Crippen molar-refractivity contribution < 1.29 is 13.2 Å². The summed E-state index contributed by atoms with van der Waals surface area (Å²) in [7, 11) is -0.627. The number of aryl methyl sites for hydroxylation is 1. The lowest BCUT2D eigenvalue weighted by Gasteiger charge is -2.24. The second-order valence-electron chi connectivity index (χ2n) is 4.78. The number of nitrogens with zero attached hydrogens (tertiary/aromatic N) is 2. The van der Waals surface area contributed by atoms with Gasteiger partial charge in [0.05, 0.1) is 0 Å². The number of benzene rings is 1. The molecular formula is C13H20ClN3O3S. The Bertz CT molecular complexity index is 617. The molecule has 1 aromatic carbocycles. The number of carbonyl (C=O) groups excluding carboxylic acids is 1. The zero-order valence-corrected chi connectivity index (χ0v) is 14.1. The lowest BCUT2D eigenvalue weighted by Crippen LogP contribution is -2.41. The summed E-state index contributed by atoms with van der Waals surface area (Å²) in [6, 6.07) is 5.25. The predicted molar refractivity (Wildman–Crippen MR) is 84.8 cm³/mol. The van der Waals surface area contributed by atoms with Gasteiger partial charge in [-0.3, -0.25) is 4.79 Å². The van der Waals surface area contributed by atoms with Gasteiger partial charge in [-0.2, -0.15) is 12.7 Å². The van der Waals surface area contributed by atoms with Crippen molar-refractivity contribution in [3.63, 3.8) is 0 Å². The van der Waals surface area contributed by atoms with E-state index in [0.29, 0.717) is 10.7 Å². The molecule has 1 amide bonds. The minimum atomic E-state index is -3.50. The van der Waals surface area contributed by atoms with E-state index in [9.17, 15) is 13.2 Å². The van der Waals surface area contributed by atoms with Gasteiger partial charge < -0.3 is 4.90 Å². The van der Waals surface area contributed by atoms with Crippen LogP contribution in [0.2, 0.25) is 5.02 Å². The normalized spacial score (nSPS) is 11.7. The topological polar surface area (TPSA) is 69.7 Å². The van der Waals surface area contributed by atoms with Crippen LogP contribution in [-0.2, 0) is 15.0 Å². The molecular weight excluding hydrogens is 314 g/mol. The van der Waals surface area contributed by atoms with Crippen molar-refractivity contribution in [1.29, 1.82) is 0 Å². The number of hydrogen-bond donors (Lipinski definition) is 1. The number of hydrogen-bond acceptors (Lipinski definition) is 3. The van der Waals surface area contributed by atoms with E-state index < -0.39 is 10.2 Å². The monoisotopic (exact) mass is 333 g/mol. The highest BCUT2D eigenvalue weighted by Crippen LogP contribution is 2.24. The molecule has 6 nitrogen and oxygen atoms in total. The SMILES string of the molecule is CC(=O)N(CCNS(=O)(=O)N(C)C)c1cc(Cl)ccc1C. The Hall–Kier alpha value is -1.15. The van der Waals surface area contributed by atoms with Crippen LogP contribution in [0, 0.1) is 6.92 Å². The Morgan fingerprint density at radius 1 is 1.33 bits per heavy atom. The minimum absolute atomic E-state index is 0.117. The molecule has 0 fully saturated rings. The highest BCUT2D eigenvalue weighted by atomic mass is 35.5. The third-order valence-corrected chi connectivity index (χ3v) is 4.71. The number of anilines is 1. The van der Waals surface area contributed by atoms with Gasteiger partial charge in [-0.05, 0) is 24.6 Å². The molecule has 0 aromatic heterocycles. The number of halogens is 1. The first-order valence-corrected chi connectivity index (χ1v) is 8.18.